The molecule has 0 bridgehead atoms. The highest BCUT2D eigenvalue weighted by atomic mass is 32.2. The van der Waals surface area contributed by atoms with Crippen molar-refractivity contribution in [3.63, 3.8) is 0 Å². The van der Waals surface area contributed by atoms with Crippen LogP contribution in [-0.2, 0) is 9.53 Å². The summed E-state index contributed by atoms with van der Waals surface area (Å²) in [6.45, 7) is 4.99. The Morgan fingerprint density at radius 2 is 1.96 bits per heavy atom. The first-order valence-corrected chi connectivity index (χ1v) is 10.9. The average molecular weight is 391 g/mol. The number of carbonyl (C=O) groups excluding carboxylic acids is 1. The molecule has 4 N–H and O–H groups in total. The van der Waals surface area contributed by atoms with Gasteiger partial charge in [0, 0.05) is 6.54 Å². The minimum atomic E-state index is -1.29. The lowest BCUT2D eigenvalue weighted by Crippen LogP contribution is -2.63. The molecule has 152 valence electrons. The summed E-state index contributed by atoms with van der Waals surface area (Å²) < 4.78 is 5.81. The van der Waals surface area contributed by atoms with E-state index in [-0.39, 0.29) is 11.9 Å². The van der Waals surface area contributed by atoms with Crippen molar-refractivity contribution in [3.05, 3.63) is 0 Å². The van der Waals surface area contributed by atoms with E-state index in [1.54, 1.807) is 6.26 Å². The van der Waals surface area contributed by atoms with Crippen molar-refractivity contribution in [1.82, 2.24) is 10.2 Å². The Kier molecular flexibility index (Phi) is 8.18. The molecule has 8 atom stereocenters. The monoisotopic (exact) mass is 390 g/mol. The second-order valence-corrected chi connectivity index (χ2v) is 8.48. The molecule has 2 heterocycles. The normalized spacial score (nSPS) is 39.7. The van der Waals surface area contributed by atoms with E-state index in [4.69, 9.17) is 4.74 Å². The summed E-state index contributed by atoms with van der Waals surface area (Å²) in [5, 5.41) is 33.5. The van der Waals surface area contributed by atoms with Crippen molar-refractivity contribution >= 4 is 17.7 Å². The zero-order valence-corrected chi connectivity index (χ0v) is 17.0. The summed E-state index contributed by atoms with van der Waals surface area (Å²) in [5.74, 6) is 0.477. The van der Waals surface area contributed by atoms with E-state index < -0.39 is 35.9 Å². The summed E-state index contributed by atoms with van der Waals surface area (Å²) in [6.07, 6.45) is 0.974. The van der Waals surface area contributed by atoms with Crippen LogP contribution in [0.5, 0.6) is 0 Å². The number of hydrogen-bond acceptors (Lipinski definition) is 7. The van der Waals surface area contributed by atoms with Gasteiger partial charge in [-0.05, 0) is 38.5 Å². The number of amides is 1. The second kappa shape index (κ2) is 9.71. The van der Waals surface area contributed by atoms with Gasteiger partial charge in [0.2, 0.25) is 5.91 Å². The van der Waals surface area contributed by atoms with E-state index >= 15 is 0 Å². The van der Waals surface area contributed by atoms with Crippen LogP contribution < -0.4 is 5.32 Å². The second-order valence-electron chi connectivity index (χ2n) is 7.55. The van der Waals surface area contributed by atoms with Gasteiger partial charge in [0.1, 0.15) is 29.9 Å². The Labute approximate surface area is 160 Å². The van der Waals surface area contributed by atoms with Gasteiger partial charge in [-0.15, -0.1) is 11.8 Å². The number of rotatable bonds is 7. The van der Waals surface area contributed by atoms with E-state index in [0.29, 0.717) is 12.3 Å². The third kappa shape index (κ3) is 4.72. The van der Waals surface area contributed by atoms with Gasteiger partial charge in [-0.3, -0.25) is 9.69 Å². The molecule has 2 aliphatic rings. The van der Waals surface area contributed by atoms with Crippen LogP contribution in [0.25, 0.3) is 0 Å². The number of nitrogens with one attached hydrogen (secondary N) is 1. The fourth-order valence-electron chi connectivity index (χ4n) is 4.13. The van der Waals surface area contributed by atoms with Gasteiger partial charge in [0.25, 0.3) is 0 Å². The number of aliphatic hydroxyl groups is 3. The van der Waals surface area contributed by atoms with Crippen LogP contribution in [0.1, 0.15) is 39.5 Å². The summed E-state index contributed by atoms with van der Waals surface area (Å²) in [4.78, 5) is 14.9. The maximum Gasteiger partial charge on any atom is 0.237 e. The van der Waals surface area contributed by atoms with Crippen molar-refractivity contribution in [2.75, 3.05) is 19.8 Å². The molecule has 0 aliphatic carbocycles. The van der Waals surface area contributed by atoms with Crippen LogP contribution in [0.2, 0.25) is 0 Å². The van der Waals surface area contributed by atoms with Gasteiger partial charge in [-0.2, -0.15) is 0 Å². The van der Waals surface area contributed by atoms with Crippen molar-refractivity contribution in [2.24, 2.45) is 5.92 Å². The Morgan fingerprint density at radius 3 is 2.54 bits per heavy atom. The first-order chi connectivity index (χ1) is 12.3. The van der Waals surface area contributed by atoms with Gasteiger partial charge in [-0.25, -0.2) is 0 Å². The van der Waals surface area contributed by atoms with E-state index in [1.807, 2.05) is 14.0 Å². The predicted octanol–water partition coefficient (Wildman–Crippen LogP) is 0.172. The predicted molar refractivity (Wildman–Crippen MR) is 102 cm³/mol. The maximum atomic E-state index is 12.8. The van der Waals surface area contributed by atoms with Gasteiger partial charge in [0.15, 0.2) is 0 Å². The maximum absolute atomic E-state index is 12.8. The van der Waals surface area contributed by atoms with E-state index in [0.717, 1.165) is 25.8 Å². The number of nitrogens with zero attached hydrogens (tertiary/aromatic N) is 1. The molecule has 7 nitrogen and oxygen atoms in total. The topological polar surface area (TPSA) is 102 Å². The number of likely N-dealkylation sites (N-methyl/N-ethyl adjacent to an activating group) is 1. The van der Waals surface area contributed by atoms with E-state index in [1.165, 1.54) is 11.8 Å². The van der Waals surface area contributed by atoms with Crippen molar-refractivity contribution in [1.29, 1.82) is 0 Å². The molecular weight excluding hydrogens is 356 g/mol. The largest absolute Gasteiger partial charge is 0.388 e. The molecule has 0 spiro atoms. The highest BCUT2D eigenvalue weighted by Gasteiger charge is 2.47. The Balaban J connectivity index is 2.02. The average Bonchev–Trinajstić information content (AvgIpc) is 2.99. The minimum Gasteiger partial charge on any atom is -0.388 e. The van der Waals surface area contributed by atoms with Crippen LogP contribution in [0.15, 0.2) is 0 Å². The fraction of sp³-hybridized carbons (Fsp3) is 0.944. The molecule has 1 amide bonds. The van der Waals surface area contributed by atoms with Crippen LogP contribution in [-0.4, -0.2) is 87.9 Å². The SMILES string of the molecule is CCC[C@@H]1CC(C(=O)N[C@H](CC)[C@H]2OC(SC)[C@H](O)C(O)C2O)N(C)C1. The quantitative estimate of drug-likeness (QED) is 0.492. The molecule has 0 aromatic rings. The van der Waals surface area contributed by atoms with Gasteiger partial charge in [0.05, 0.1) is 12.1 Å². The van der Waals surface area contributed by atoms with Crippen LogP contribution in [0.4, 0.5) is 0 Å². The number of aliphatic hydroxyl groups excluding tert-OH is 3. The first kappa shape index (κ1) is 21.9. The molecule has 0 aromatic heterocycles. The molecule has 0 aromatic carbocycles. The molecule has 8 heteroatoms. The van der Waals surface area contributed by atoms with Crippen molar-refractivity contribution < 1.29 is 24.9 Å². The van der Waals surface area contributed by atoms with Crippen LogP contribution in [0.3, 0.4) is 0 Å². The highest BCUT2D eigenvalue weighted by molar-refractivity contribution is 7.99. The highest BCUT2D eigenvalue weighted by Crippen LogP contribution is 2.30. The molecular formula is C18H34N2O5S. The fourth-order valence-corrected chi connectivity index (χ4v) is 4.81. The number of carbonyl (C=O) groups is 1. The molecule has 2 saturated heterocycles. The van der Waals surface area contributed by atoms with Crippen LogP contribution in [0, 0.1) is 5.92 Å². The molecule has 0 saturated carbocycles. The molecule has 2 fully saturated rings. The molecule has 2 aliphatic heterocycles. The summed E-state index contributed by atoms with van der Waals surface area (Å²) >= 11 is 1.28. The molecule has 4 unspecified atom stereocenters. The number of hydrogen-bond donors (Lipinski definition) is 4. The van der Waals surface area contributed by atoms with Gasteiger partial charge in [-0.1, -0.05) is 20.3 Å². The van der Waals surface area contributed by atoms with Crippen molar-refractivity contribution in [2.45, 2.75) is 81.5 Å². The van der Waals surface area contributed by atoms with Gasteiger partial charge < -0.3 is 25.4 Å². The summed E-state index contributed by atoms with van der Waals surface area (Å²) in [5.41, 5.74) is -0.632. The zero-order chi connectivity index (χ0) is 19.4. The van der Waals surface area contributed by atoms with E-state index in [9.17, 15) is 20.1 Å². The van der Waals surface area contributed by atoms with E-state index in [2.05, 4.69) is 17.1 Å². The van der Waals surface area contributed by atoms with Crippen LogP contribution >= 0.6 is 11.8 Å². The van der Waals surface area contributed by atoms with Crippen molar-refractivity contribution in [3.8, 4) is 0 Å². The number of ether oxygens (including phenoxy) is 1. The zero-order valence-electron chi connectivity index (χ0n) is 16.2. The number of likely N-dealkylation sites (tertiary alicyclic amines) is 1. The first-order valence-electron chi connectivity index (χ1n) is 9.57. The van der Waals surface area contributed by atoms with Gasteiger partial charge >= 0.3 is 0 Å². The lowest BCUT2D eigenvalue weighted by Gasteiger charge is -2.43. The smallest absolute Gasteiger partial charge is 0.237 e. The summed E-state index contributed by atoms with van der Waals surface area (Å²) in [6, 6.07) is -0.596. The minimum absolute atomic E-state index is 0.0601. The number of thioether (sulfide) groups is 1. The third-order valence-corrected chi connectivity index (χ3v) is 6.49. The standard InChI is InChI=1S/C18H34N2O5S/c1-5-7-10-8-12(20(3)9-10)17(24)19-11(6-2)16-14(22)13(21)15(23)18(25-16)26-4/h10-16,18,21-23H,5-9H2,1-4H3,(H,19,24)/t10-,11-,12?,13?,14?,15-,16-,18?/m1/s1. The molecule has 2 rings (SSSR count). The Morgan fingerprint density at radius 1 is 1.27 bits per heavy atom. The molecule has 0 radical (unpaired) electrons. The molecule has 26 heavy (non-hydrogen) atoms. The Hall–Kier alpha value is -0.380. The lowest BCUT2D eigenvalue weighted by atomic mass is 9.93. The Bertz CT molecular complexity index is 467. The summed E-state index contributed by atoms with van der Waals surface area (Å²) in [7, 11) is 1.97. The lowest BCUT2D eigenvalue weighted by molar-refractivity contribution is -0.205. The third-order valence-electron chi connectivity index (χ3n) is 5.64.